The lowest BCUT2D eigenvalue weighted by molar-refractivity contribution is 0.408. The molecule has 0 fully saturated rings. The van der Waals surface area contributed by atoms with Gasteiger partial charge in [-0.2, -0.15) is 0 Å². The molecule has 0 amide bonds. The van der Waals surface area contributed by atoms with Crippen LogP contribution in [0.4, 0.5) is 0 Å². The van der Waals surface area contributed by atoms with Crippen molar-refractivity contribution in [2.45, 2.75) is 19.8 Å². The van der Waals surface area contributed by atoms with E-state index in [0.29, 0.717) is 6.54 Å². The molecule has 0 aliphatic carbocycles. The van der Waals surface area contributed by atoms with E-state index in [2.05, 4.69) is 4.72 Å². The van der Waals surface area contributed by atoms with Crippen molar-refractivity contribution in [1.29, 1.82) is 0 Å². The number of nitrogens with zero attached hydrogens (tertiary/aromatic N) is 1. The molecule has 0 heterocycles. The molecular weight excluding hydrogens is 252 g/mol. The minimum atomic E-state index is -3.26. The second-order valence-electron chi connectivity index (χ2n) is 3.68. The maximum atomic E-state index is 11.3. The highest BCUT2D eigenvalue weighted by Crippen LogP contribution is 2.00. The predicted molar refractivity (Wildman–Crippen MR) is 64.2 cm³/mol. The third kappa shape index (κ3) is 8.03. The first kappa shape index (κ1) is 15.8. The smallest absolute Gasteiger partial charge is 0.211 e. The molecule has 0 spiro atoms. The number of hydrogen-bond acceptors (Lipinski definition) is 4. The van der Waals surface area contributed by atoms with Gasteiger partial charge in [0.05, 0.1) is 12.5 Å². The first-order chi connectivity index (χ1) is 7.17. The summed E-state index contributed by atoms with van der Waals surface area (Å²) in [6.45, 7) is 2.68. The van der Waals surface area contributed by atoms with Crippen molar-refractivity contribution in [3.8, 4) is 0 Å². The standard InChI is InChI=1S/C8H20N2O4S2/c1-4-5-7-10(16(3,13)14)8-6-9-15(2,11)12/h9H,4-8H2,1-3H3. The summed E-state index contributed by atoms with van der Waals surface area (Å²) >= 11 is 0. The van der Waals surface area contributed by atoms with Gasteiger partial charge >= 0.3 is 0 Å². The summed E-state index contributed by atoms with van der Waals surface area (Å²) in [5.41, 5.74) is 0. The van der Waals surface area contributed by atoms with Crippen LogP contribution in [0.1, 0.15) is 19.8 Å². The maximum Gasteiger partial charge on any atom is 0.211 e. The van der Waals surface area contributed by atoms with Crippen LogP contribution in [0.2, 0.25) is 0 Å². The van der Waals surface area contributed by atoms with Gasteiger partial charge in [0.2, 0.25) is 20.0 Å². The zero-order valence-corrected chi connectivity index (χ0v) is 11.6. The van der Waals surface area contributed by atoms with Crippen LogP contribution >= 0.6 is 0 Å². The lowest BCUT2D eigenvalue weighted by Crippen LogP contribution is -2.38. The highest BCUT2D eigenvalue weighted by molar-refractivity contribution is 7.88. The van der Waals surface area contributed by atoms with Crippen LogP contribution in [0, 0.1) is 0 Å². The Hall–Kier alpha value is -0.180. The van der Waals surface area contributed by atoms with Crippen molar-refractivity contribution in [2.24, 2.45) is 0 Å². The molecule has 0 aromatic heterocycles. The molecule has 0 aliphatic heterocycles. The van der Waals surface area contributed by atoms with E-state index >= 15 is 0 Å². The van der Waals surface area contributed by atoms with Crippen LogP contribution in [0.5, 0.6) is 0 Å². The molecule has 0 atom stereocenters. The fraction of sp³-hybridized carbons (Fsp3) is 1.00. The van der Waals surface area contributed by atoms with Gasteiger partial charge in [-0.3, -0.25) is 0 Å². The van der Waals surface area contributed by atoms with E-state index in [1.54, 1.807) is 0 Å². The average molecular weight is 272 g/mol. The normalized spacial score (nSPS) is 13.2. The molecular formula is C8H20N2O4S2. The third-order valence-corrected chi connectivity index (χ3v) is 3.99. The van der Waals surface area contributed by atoms with Gasteiger partial charge in [-0.1, -0.05) is 13.3 Å². The Kier molecular flexibility index (Phi) is 6.46. The molecule has 8 heteroatoms. The molecule has 0 unspecified atom stereocenters. The monoisotopic (exact) mass is 272 g/mol. The van der Waals surface area contributed by atoms with E-state index < -0.39 is 20.0 Å². The van der Waals surface area contributed by atoms with Gasteiger partial charge in [-0.25, -0.2) is 25.9 Å². The first-order valence-corrected chi connectivity index (χ1v) is 8.80. The second-order valence-corrected chi connectivity index (χ2v) is 7.50. The van der Waals surface area contributed by atoms with Crippen molar-refractivity contribution in [2.75, 3.05) is 32.1 Å². The van der Waals surface area contributed by atoms with E-state index in [0.717, 1.165) is 25.4 Å². The van der Waals surface area contributed by atoms with Gasteiger partial charge in [0.25, 0.3) is 0 Å². The zero-order chi connectivity index (χ0) is 12.8. The fourth-order valence-corrected chi connectivity index (χ4v) is 2.48. The molecule has 0 aliphatic rings. The van der Waals surface area contributed by atoms with Crippen molar-refractivity contribution in [3.63, 3.8) is 0 Å². The van der Waals surface area contributed by atoms with E-state index in [1.165, 1.54) is 4.31 Å². The number of hydrogen-bond donors (Lipinski definition) is 1. The molecule has 6 nitrogen and oxygen atoms in total. The van der Waals surface area contributed by atoms with Crippen LogP contribution in [0.25, 0.3) is 0 Å². The van der Waals surface area contributed by atoms with Crippen molar-refractivity contribution in [3.05, 3.63) is 0 Å². The van der Waals surface area contributed by atoms with Gasteiger partial charge in [-0.05, 0) is 6.42 Å². The van der Waals surface area contributed by atoms with Crippen molar-refractivity contribution < 1.29 is 16.8 Å². The van der Waals surface area contributed by atoms with Crippen LogP contribution in [0.15, 0.2) is 0 Å². The van der Waals surface area contributed by atoms with Gasteiger partial charge in [0, 0.05) is 19.6 Å². The van der Waals surface area contributed by atoms with Gasteiger partial charge in [0.15, 0.2) is 0 Å². The summed E-state index contributed by atoms with van der Waals surface area (Å²) in [6.07, 6.45) is 3.84. The first-order valence-electron chi connectivity index (χ1n) is 5.06. The molecule has 0 rings (SSSR count). The molecule has 16 heavy (non-hydrogen) atoms. The summed E-state index contributed by atoms with van der Waals surface area (Å²) in [6, 6.07) is 0. The van der Waals surface area contributed by atoms with Crippen LogP contribution in [-0.2, 0) is 20.0 Å². The quantitative estimate of drug-likeness (QED) is 0.651. The molecule has 98 valence electrons. The van der Waals surface area contributed by atoms with Crippen LogP contribution < -0.4 is 4.72 Å². The van der Waals surface area contributed by atoms with Gasteiger partial charge in [0.1, 0.15) is 0 Å². The Bertz CT molecular complexity index is 388. The summed E-state index contributed by atoms with van der Waals surface area (Å²) in [5, 5.41) is 0. The average Bonchev–Trinajstić information content (AvgIpc) is 2.06. The van der Waals surface area contributed by atoms with Crippen LogP contribution in [-0.4, -0.2) is 53.3 Å². The largest absolute Gasteiger partial charge is 0.214 e. The number of rotatable bonds is 8. The summed E-state index contributed by atoms with van der Waals surface area (Å²) in [4.78, 5) is 0. The molecule has 0 bridgehead atoms. The summed E-state index contributed by atoms with van der Waals surface area (Å²) < 4.78 is 47.8. The Morgan fingerprint density at radius 1 is 1.06 bits per heavy atom. The molecule has 0 aromatic rings. The van der Waals surface area contributed by atoms with Crippen molar-refractivity contribution in [1.82, 2.24) is 9.03 Å². The van der Waals surface area contributed by atoms with Gasteiger partial charge in [-0.15, -0.1) is 0 Å². The molecule has 0 radical (unpaired) electrons. The Labute approximate surface area is 98.1 Å². The van der Waals surface area contributed by atoms with E-state index in [4.69, 9.17) is 0 Å². The van der Waals surface area contributed by atoms with Crippen LogP contribution in [0.3, 0.4) is 0 Å². The Morgan fingerprint density at radius 3 is 2.00 bits per heavy atom. The number of nitrogens with one attached hydrogen (secondary N) is 1. The SMILES string of the molecule is CCCCN(CCNS(C)(=O)=O)S(C)(=O)=O. The molecule has 0 saturated heterocycles. The zero-order valence-electron chi connectivity index (χ0n) is 9.93. The predicted octanol–water partition coefficient (Wildman–Crippen LogP) is -0.403. The summed E-state index contributed by atoms with van der Waals surface area (Å²) in [7, 11) is -6.51. The van der Waals surface area contributed by atoms with E-state index in [9.17, 15) is 16.8 Å². The van der Waals surface area contributed by atoms with E-state index in [1.807, 2.05) is 6.92 Å². The number of sulfonamides is 2. The minimum Gasteiger partial charge on any atom is -0.214 e. The molecule has 1 N–H and O–H groups in total. The highest BCUT2D eigenvalue weighted by atomic mass is 32.2. The number of unbranched alkanes of at least 4 members (excludes halogenated alkanes) is 1. The maximum absolute atomic E-state index is 11.3. The topological polar surface area (TPSA) is 83.6 Å². The summed E-state index contributed by atoms with van der Waals surface area (Å²) in [5.74, 6) is 0. The second kappa shape index (κ2) is 6.53. The molecule has 0 saturated carbocycles. The van der Waals surface area contributed by atoms with E-state index in [-0.39, 0.29) is 13.1 Å². The lowest BCUT2D eigenvalue weighted by atomic mass is 10.3. The fourth-order valence-electron chi connectivity index (χ4n) is 1.13. The Morgan fingerprint density at radius 2 is 1.62 bits per heavy atom. The van der Waals surface area contributed by atoms with Crippen molar-refractivity contribution >= 4 is 20.0 Å². The third-order valence-electron chi connectivity index (χ3n) is 1.96. The highest BCUT2D eigenvalue weighted by Gasteiger charge is 2.15. The minimum absolute atomic E-state index is 0.107. The molecule has 0 aromatic carbocycles. The lowest BCUT2D eigenvalue weighted by Gasteiger charge is -2.19. The van der Waals surface area contributed by atoms with Gasteiger partial charge < -0.3 is 0 Å². The Balaban J connectivity index is 4.24.